The summed E-state index contributed by atoms with van der Waals surface area (Å²) < 4.78 is 5.63. The normalized spacial score (nSPS) is 10.8. The number of hydrogen-bond donors (Lipinski definition) is 1. The molecule has 2 aromatic rings. The number of nitrogens with zero attached hydrogens (tertiary/aromatic N) is 1. The average molecular weight is 296 g/mol. The van der Waals surface area contributed by atoms with Gasteiger partial charge in [0.1, 0.15) is 12.4 Å². The summed E-state index contributed by atoms with van der Waals surface area (Å²) in [6.07, 6.45) is 1.34. The smallest absolute Gasteiger partial charge is 0.120 e. The summed E-state index contributed by atoms with van der Waals surface area (Å²) in [7, 11) is 0. The molecule has 0 aliphatic rings. The molecule has 0 fully saturated rings. The summed E-state index contributed by atoms with van der Waals surface area (Å²) in [5, 5.41) is 12.5. The van der Waals surface area contributed by atoms with Crippen LogP contribution in [0.5, 0.6) is 5.75 Å². The molecule has 2 rings (SSSR count). The zero-order chi connectivity index (χ0) is 13.7. The summed E-state index contributed by atoms with van der Waals surface area (Å²) in [4.78, 5) is 0. The van der Waals surface area contributed by atoms with Gasteiger partial charge in [0.05, 0.1) is 16.3 Å². The highest BCUT2D eigenvalue weighted by Gasteiger charge is 2.01. The zero-order valence-corrected chi connectivity index (χ0v) is 11.4. The third kappa shape index (κ3) is 3.88. The Morgan fingerprint density at radius 3 is 2.68 bits per heavy atom. The molecular weight excluding hydrogens is 285 g/mol. The number of hydrogen-bond acceptors (Lipinski definition) is 3. The number of oxime groups is 1. The minimum Gasteiger partial charge on any atom is -0.489 e. The molecule has 0 saturated heterocycles. The van der Waals surface area contributed by atoms with Gasteiger partial charge >= 0.3 is 0 Å². The van der Waals surface area contributed by atoms with Crippen molar-refractivity contribution in [3.63, 3.8) is 0 Å². The van der Waals surface area contributed by atoms with Crippen molar-refractivity contribution in [2.24, 2.45) is 5.16 Å². The Kier molecular flexibility index (Phi) is 4.66. The van der Waals surface area contributed by atoms with E-state index in [9.17, 15) is 0 Å². The lowest BCUT2D eigenvalue weighted by Gasteiger charge is -2.07. The van der Waals surface area contributed by atoms with Gasteiger partial charge in [-0.05, 0) is 35.4 Å². The summed E-state index contributed by atoms with van der Waals surface area (Å²) in [5.41, 5.74) is 1.68. The van der Waals surface area contributed by atoms with Crippen LogP contribution in [0.1, 0.15) is 11.1 Å². The first-order valence-electron chi connectivity index (χ1n) is 5.53. The summed E-state index contributed by atoms with van der Waals surface area (Å²) >= 11 is 11.8. The highest BCUT2D eigenvalue weighted by Crippen LogP contribution is 2.23. The molecule has 1 N–H and O–H groups in total. The fourth-order valence-corrected chi connectivity index (χ4v) is 1.87. The predicted octanol–water partition coefficient (Wildman–Crippen LogP) is 4.38. The van der Waals surface area contributed by atoms with Crippen LogP contribution in [0.15, 0.2) is 47.6 Å². The topological polar surface area (TPSA) is 41.8 Å². The number of ether oxygens (including phenoxy) is 1. The summed E-state index contributed by atoms with van der Waals surface area (Å²) in [5.74, 6) is 0.684. The van der Waals surface area contributed by atoms with Crippen molar-refractivity contribution in [1.82, 2.24) is 0 Å². The first-order valence-corrected chi connectivity index (χ1v) is 6.29. The van der Waals surface area contributed by atoms with Gasteiger partial charge in [-0.15, -0.1) is 0 Å². The van der Waals surface area contributed by atoms with Gasteiger partial charge < -0.3 is 9.94 Å². The largest absolute Gasteiger partial charge is 0.489 e. The maximum atomic E-state index is 8.48. The lowest BCUT2D eigenvalue weighted by molar-refractivity contribution is 0.306. The second-order valence-electron chi connectivity index (χ2n) is 3.85. The Morgan fingerprint density at radius 1 is 1.11 bits per heavy atom. The molecule has 19 heavy (non-hydrogen) atoms. The van der Waals surface area contributed by atoms with Crippen molar-refractivity contribution in [3.05, 3.63) is 63.6 Å². The standard InChI is InChI=1S/C14H11Cl2NO2/c15-13-5-4-11(7-14(13)16)9-19-12-3-1-2-10(6-12)8-17-18/h1-8,18H,9H2. The summed E-state index contributed by atoms with van der Waals surface area (Å²) in [6, 6.07) is 12.6. The molecule has 0 spiro atoms. The van der Waals surface area contributed by atoms with Crippen molar-refractivity contribution < 1.29 is 9.94 Å². The Balaban J connectivity index is 2.05. The first kappa shape index (κ1) is 13.7. The van der Waals surface area contributed by atoms with Crippen LogP contribution in [0.3, 0.4) is 0 Å². The Hall–Kier alpha value is -1.71. The van der Waals surface area contributed by atoms with Gasteiger partial charge in [-0.3, -0.25) is 0 Å². The van der Waals surface area contributed by atoms with Crippen LogP contribution in [0.25, 0.3) is 0 Å². The maximum absolute atomic E-state index is 8.48. The molecule has 0 unspecified atom stereocenters. The molecule has 3 nitrogen and oxygen atoms in total. The van der Waals surface area contributed by atoms with Gasteiger partial charge in [-0.1, -0.05) is 46.6 Å². The van der Waals surface area contributed by atoms with Gasteiger partial charge in [0.2, 0.25) is 0 Å². The van der Waals surface area contributed by atoms with Crippen molar-refractivity contribution in [2.75, 3.05) is 0 Å². The van der Waals surface area contributed by atoms with E-state index < -0.39 is 0 Å². The van der Waals surface area contributed by atoms with E-state index in [1.165, 1.54) is 6.21 Å². The minimum atomic E-state index is 0.386. The highest BCUT2D eigenvalue weighted by molar-refractivity contribution is 6.42. The molecule has 0 aliphatic carbocycles. The van der Waals surface area contributed by atoms with Crippen LogP contribution in [0, 0.1) is 0 Å². The van der Waals surface area contributed by atoms with Crippen LogP contribution in [0.4, 0.5) is 0 Å². The molecule has 0 amide bonds. The third-order valence-corrected chi connectivity index (χ3v) is 3.19. The number of halogens is 2. The van der Waals surface area contributed by atoms with E-state index in [1.807, 2.05) is 24.3 Å². The molecule has 0 radical (unpaired) electrons. The number of rotatable bonds is 4. The zero-order valence-electron chi connectivity index (χ0n) is 9.88. The molecule has 0 saturated carbocycles. The SMILES string of the molecule is ON=Cc1cccc(OCc2ccc(Cl)c(Cl)c2)c1. The van der Waals surface area contributed by atoms with E-state index in [2.05, 4.69) is 5.16 Å². The Bertz CT molecular complexity index is 600. The van der Waals surface area contributed by atoms with Gasteiger partial charge in [-0.2, -0.15) is 0 Å². The first-order chi connectivity index (χ1) is 9.19. The molecule has 0 atom stereocenters. The van der Waals surface area contributed by atoms with Crippen LogP contribution in [0.2, 0.25) is 10.0 Å². The second-order valence-corrected chi connectivity index (χ2v) is 4.67. The Morgan fingerprint density at radius 2 is 1.95 bits per heavy atom. The van der Waals surface area contributed by atoms with Gasteiger partial charge in [0.25, 0.3) is 0 Å². The van der Waals surface area contributed by atoms with E-state index in [0.29, 0.717) is 22.4 Å². The van der Waals surface area contributed by atoms with E-state index in [-0.39, 0.29) is 0 Å². The van der Waals surface area contributed by atoms with Crippen LogP contribution >= 0.6 is 23.2 Å². The molecule has 5 heteroatoms. The number of benzene rings is 2. The molecule has 0 heterocycles. The molecule has 2 aromatic carbocycles. The van der Waals surface area contributed by atoms with Gasteiger partial charge in [-0.25, -0.2) is 0 Å². The lowest BCUT2D eigenvalue weighted by atomic mass is 10.2. The maximum Gasteiger partial charge on any atom is 0.120 e. The quantitative estimate of drug-likeness (QED) is 0.517. The monoisotopic (exact) mass is 295 g/mol. The van der Waals surface area contributed by atoms with Crippen LogP contribution in [-0.4, -0.2) is 11.4 Å². The Labute approximate surface area is 121 Å². The van der Waals surface area contributed by atoms with E-state index in [4.69, 9.17) is 33.1 Å². The lowest BCUT2D eigenvalue weighted by Crippen LogP contribution is -1.96. The average Bonchev–Trinajstić information content (AvgIpc) is 2.41. The van der Waals surface area contributed by atoms with Crippen molar-refractivity contribution >= 4 is 29.4 Å². The third-order valence-electron chi connectivity index (χ3n) is 2.45. The molecule has 0 bridgehead atoms. The molecule has 0 aromatic heterocycles. The van der Waals surface area contributed by atoms with Crippen LogP contribution in [-0.2, 0) is 6.61 Å². The van der Waals surface area contributed by atoms with Crippen molar-refractivity contribution in [2.45, 2.75) is 6.61 Å². The molecule has 98 valence electrons. The fraction of sp³-hybridized carbons (Fsp3) is 0.0714. The summed E-state index contributed by atoms with van der Waals surface area (Å²) in [6.45, 7) is 0.386. The van der Waals surface area contributed by atoms with Crippen molar-refractivity contribution in [1.29, 1.82) is 0 Å². The van der Waals surface area contributed by atoms with Gasteiger partial charge in [0.15, 0.2) is 0 Å². The highest BCUT2D eigenvalue weighted by atomic mass is 35.5. The van der Waals surface area contributed by atoms with E-state index in [0.717, 1.165) is 11.1 Å². The van der Waals surface area contributed by atoms with Crippen molar-refractivity contribution in [3.8, 4) is 5.75 Å². The molecular formula is C14H11Cl2NO2. The van der Waals surface area contributed by atoms with E-state index in [1.54, 1.807) is 18.2 Å². The van der Waals surface area contributed by atoms with Crippen LogP contribution < -0.4 is 4.74 Å². The fourth-order valence-electron chi connectivity index (χ4n) is 1.55. The second kappa shape index (κ2) is 6.45. The van der Waals surface area contributed by atoms with E-state index >= 15 is 0 Å². The van der Waals surface area contributed by atoms with Gasteiger partial charge in [0, 0.05) is 0 Å². The minimum absolute atomic E-state index is 0.386. The molecule has 0 aliphatic heterocycles. The predicted molar refractivity (Wildman–Crippen MR) is 76.6 cm³/mol.